The molecule has 0 spiro atoms. The van der Waals surface area contributed by atoms with Crippen molar-refractivity contribution >= 4 is 17.6 Å². The minimum absolute atomic E-state index is 0.0162. The molecule has 1 aromatic rings. The molecule has 0 aromatic heterocycles. The Morgan fingerprint density at radius 2 is 2.05 bits per heavy atom. The lowest BCUT2D eigenvalue weighted by Gasteiger charge is -2.15. The molecule has 7 heteroatoms. The van der Waals surface area contributed by atoms with Crippen molar-refractivity contribution in [3.05, 3.63) is 29.3 Å². The summed E-state index contributed by atoms with van der Waals surface area (Å²) in [5.74, 6) is -4.36. The van der Waals surface area contributed by atoms with Crippen molar-refractivity contribution in [1.29, 1.82) is 0 Å². The van der Waals surface area contributed by atoms with Crippen LogP contribution in [0.2, 0.25) is 0 Å². The highest BCUT2D eigenvalue weighted by atomic mass is 19.1. The summed E-state index contributed by atoms with van der Waals surface area (Å²) in [5.41, 5.74) is -1.08. The Kier molecular flexibility index (Phi) is 3.99. The van der Waals surface area contributed by atoms with Crippen LogP contribution in [-0.4, -0.2) is 29.7 Å². The van der Waals surface area contributed by atoms with Gasteiger partial charge < -0.3 is 15.2 Å². The fourth-order valence-electron chi connectivity index (χ4n) is 2.04. The highest BCUT2D eigenvalue weighted by Crippen LogP contribution is 2.24. The molecule has 1 fully saturated rings. The van der Waals surface area contributed by atoms with Gasteiger partial charge in [-0.15, -0.1) is 0 Å². The van der Waals surface area contributed by atoms with Crippen molar-refractivity contribution in [3.8, 4) is 0 Å². The molecule has 5 nitrogen and oxygen atoms in total. The van der Waals surface area contributed by atoms with Crippen LogP contribution in [0.1, 0.15) is 23.7 Å². The summed E-state index contributed by atoms with van der Waals surface area (Å²) >= 11 is 0. The molecule has 2 N–H and O–H groups in total. The predicted molar refractivity (Wildman–Crippen MR) is 65.5 cm³/mol. The molecule has 108 valence electrons. The van der Waals surface area contributed by atoms with Gasteiger partial charge in [0.1, 0.15) is 17.7 Å². The van der Waals surface area contributed by atoms with Crippen LogP contribution in [0.25, 0.3) is 0 Å². The highest BCUT2D eigenvalue weighted by molar-refractivity contribution is 5.96. The molecular formula is C13H13F2NO4. The molecule has 1 aliphatic rings. The molecule has 0 aliphatic carbocycles. The number of carboxylic acids is 1. The maximum Gasteiger partial charge on any atom is 0.338 e. The minimum atomic E-state index is -1.54. The number of carbonyl (C=O) groups excluding carboxylic acids is 1. The number of hydrogen-bond acceptors (Lipinski definition) is 3. The van der Waals surface area contributed by atoms with Crippen LogP contribution in [0.3, 0.4) is 0 Å². The maximum atomic E-state index is 13.5. The number of rotatable bonds is 3. The molecule has 2 rings (SSSR count). The van der Waals surface area contributed by atoms with Gasteiger partial charge in [-0.3, -0.25) is 4.79 Å². The topological polar surface area (TPSA) is 75.6 Å². The average Bonchev–Trinajstić information content (AvgIpc) is 2.78. The second-order valence-electron chi connectivity index (χ2n) is 4.66. The van der Waals surface area contributed by atoms with Gasteiger partial charge in [-0.2, -0.15) is 0 Å². The molecular weight excluding hydrogens is 272 g/mol. The van der Waals surface area contributed by atoms with Crippen LogP contribution >= 0.6 is 0 Å². The minimum Gasteiger partial charge on any atom is -0.478 e. The van der Waals surface area contributed by atoms with E-state index in [1.165, 1.54) is 0 Å². The summed E-state index contributed by atoms with van der Waals surface area (Å²) < 4.78 is 32.0. The van der Waals surface area contributed by atoms with Gasteiger partial charge in [0.25, 0.3) is 5.91 Å². The van der Waals surface area contributed by atoms with Gasteiger partial charge in [0.15, 0.2) is 0 Å². The Balaban J connectivity index is 2.22. The highest BCUT2D eigenvalue weighted by Gasteiger charge is 2.31. The Morgan fingerprint density at radius 1 is 1.35 bits per heavy atom. The van der Waals surface area contributed by atoms with Crippen molar-refractivity contribution in [2.45, 2.75) is 19.4 Å². The first kappa shape index (κ1) is 14.4. The number of ether oxygens (including phenoxy) is 1. The molecule has 20 heavy (non-hydrogen) atoms. The summed E-state index contributed by atoms with van der Waals surface area (Å²) in [5, 5.41) is 11.0. The lowest BCUT2D eigenvalue weighted by molar-refractivity contribution is -0.126. The first-order valence-corrected chi connectivity index (χ1v) is 6.05. The van der Waals surface area contributed by atoms with Crippen molar-refractivity contribution in [3.63, 3.8) is 0 Å². The number of carboxylic acid groups (broad SMARTS) is 1. The van der Waals surface area contributed by atoms with E-state index in [2.05, 4.69) is 5.32 Å². The number of carbonyl (C=O) groups is 2. The van der Waals surface area contributed by atoms with E-state index in [1.54, 1.807) is 0 Å². The smallest absolute Gasteiger partial charge is 0.338 e. The normalized spacial score (nSPS) is 21.8. The van der Waals surface area contributed by atoms with Crippen molar-refractivity contribution in [2.24, 2.45) is 5.92 Å². The Labute approximate surface area is 113 Å². The summed E-state index contributed by atoms with van der Waals surface area (Å²) in [7, 11) is 0. The zero-order valence-electron chi connectivity index (χ0n) is 10.7. The van der Waals surface area contributed by atoms with Gasteiger partial charge in [-0.25, -0.2) is 13.6 Å². The average molecular weight is 285 g/mol. The third kappa shape index (κ3) is 2.77. The Morgan fingerprint density at radius 3 is 2.60 bits per heavy atom. The largest absolute Gasteiger partial charge is 0.478 e. The van der Waals surface area contributed by atoms with E-state index in [0.717, 1.165) is 6.07 Å². The van der Waals surface area contributed by atoms with Crippen LogP contribution in [-0.2, 0) is 9.53 Å². The molecule has 2 unspecified atom stereocenters. The van der Waals surface area contributed by atoms with Crippen molar-refractivity contribution in [1.82, 2.24) is 0 Å². The number of aromatic carboxylic acids is 1. The maximum absolute atomic E-state index is 13.5. The summed E-state index contributed by atoms with van der Waals surface area (Å²) in [6.45, 7) is 2.26. The van der Waals surface area contributed by atoms with E-state index < -0.39 is 35.2 Å². The monoisotopic (exact) mass is 285 g/mol. The van der Waals surface area contributed by atoms with E-state index in [1.807, 2.05) is 6.92 Å². The zero-order chi connectivity index (χ0) is 14.9. The third-order valence-corrected chi connectivity index (χ3v) is 3.19. The number of amides is 1. The van der Waals surface area contributed by atoms with E-state index in [9.17, 15) is 18.4 Å². The van der Waals surface area contributed by atoms with Crippen molar-refractivity contribution in [2.75, 3.05) is 11.9 Å². The predicted octanol–water partition coefficient (Wildman–Crippen LogP) is 2.03. The standard InChI is InChI=1S/C13H13F2NO4/c1-6-2-3-20-11(6)12(17)16-10-4-7(13(18)19)8(14)5-9(10)15/h4-6,11H,2-3H2,1H3,(H,16,17)(H,18,19). The van der Waals surface area contributed by atoms with Crippen molar-refractivity contribution < 1.29 is 28.2 Å². The second-order valence-corrected chi connectivity index (χ2v) is 4.66. The first-order valence-electron chi connectivity index (χ1n) is 6.05. The van der Waals surface area contributed by atoms with E-state index in [4.69, 9.17) is 9.84 Å². The quantitative estimate of drug-likeness (QED) is 0.891. The summed E-state index contributed by atoms with van der Waals surface area (Å²) in [6, 6.07) is 1.18. The number of nitrogens with one attached hydrogen (secondary N) is 1. The second kappa shape index (κ2) is 5.54. The SMILES string of the molecule is CC1CCOC1C(=O)Nc1cc(C(=O)O)c(F)cc1F. The molecule has 0 bridgehead atoms. The van der Waals surface area contributed by atoms with Gasteiger partial charge in [0.2, 0.25) is 0 Å². The van der Waals surface area contributed by atoms with Gasteiger partial charge in [0.05, 0.1) is 11.3 Å². The molecule has 1 saturated heterocycles. The number of benzene rings is 1. The molecule has 2 atom stereocenters. The molecule has 0 saturated carbocycles. The first-order chi connectivity index (χ1) is 9.40. The van der Waals surface area contributed by atoms with Gasteiger partial charge in [-0.1, -0.05) is 6.92 Å². The molecule has 1 heterocycles. The molecule has 1 amide bonds. The number of anilines is 1. The molecule has 1 aromatic carbocycles. The molecule has 0 radical (unpaired) electrons. The summed E-state index contributed by atoms with van der Waals surface area (Å²) in [6.07, 6.45) is -0.00240. The lowest BCUT2D eigenvalue weighted by Crippen LogP contribution is -2.31. The van der Waals surface area contributed by atoms with Gasteiger partial charge in [0, 0.05) is 12.7 Å². The van der Waals surface area contributed by atoms with Gasteiger partial charge >= 0.3 is 5.97 Å². The number of hydrogen-bond donors (Lipinski definition) is 2. The Hall–Kier alpha value is -2.02. The fraction of sp³-hybridized carbons (Fsp3) is 0.385. The zero-order valence-corrected chi connectivity index (χ0v) is 10.7. The van der Waals surface area contributed by atoms with Crippen LogP contribution in [0.15, 0.2) is 12.1 Å². The van der Waals surface area contributed by atoms with E-state index in [-0.39, 0.29) is 11.6 Å². The lowest BCUT2D eigenvalue weighted by atomic mass is 10.0. The van der Waals surface area contributed by atoms with Crippen LogP contribution in [0.5, 0.6) is 0 Å². The summed E-state index contributed by atoms with van der Waals surface area (Å²) in [4.78, 5) is 22.7. The Bertz CT molecular complexity index is 562. The number of halogens is 2. The van der Waals surface area contributed by atoms with Crippen LogP contribution in [0.4, 0.5) is 14.5 Å². The molecule has 1 aliphatic heterocycles. The van der Waals surface area contributed by atoms with Gasteiger partial charge in [-0.05, 0) is 18.4 Å². The van der Waals surface area contributed by atoms with E-state index in [0.29, 0.717) is 19.1 Å². The van der Waals surface area contributed by atoms with E-state index >= 15 is 0 Å². The van der Waals surface area contributed by atoms with Crippen LogP contribution < -0.4 is 5.32 Å². The fourth-order valence-corrected chi connectivity index (χ4v) is 2.04. The van der Waals surface area contributed by atoms with Crippen LogP contribution in [0, 0.1) is 17.6 Å². The third-order valence-electron chi connectivity index (χ3n) is 3.19.